The highest BCUT2D eigenvalue weighted by Gasteiger charge is 1.98. The van der Waals surface area contributed by atoms with E-state index in [-0.39, 0.29) is 10.7 Å². The monoisotopic (exact) mass is 233 g/mol. The number of benzene rings is 1. The van der Waals surface area contributed by atoms with Crippen molar-refractivity contribution in [2.45, 2.75) is 6.92 Å². The number of aryl methyl sites for hydroxylation is 1. The summed E-state index contributed by atoms with van der Waals surface area (Å²) in [5.41, 5.74) is 7.63. The summed E-state index contributed by atoms with van der Waals surface area (Å²) in [5.74, 6) is 0.732. The van der Waals surface area contributed by atoms with Crippen molar-refractivity contribution in [2.24, 2.45) is 0 Å². The van der Waals surface area contributed by atoms with Crippen molar-refractivity contribution in [1.82, 2.24) is 15.0 Å². The van der Waals surface area contributed by atoms with Crippen LogP contribution in [0.3, 0.4) is 0 Å². The molecule has 1 aromatic heterocycles. The number of rotatable bonds is 2. The van der Waals surface area contributed by atoms with Gasteiger partial charge in [0.1, 0.15) is 0 Å². The van der Waals surface area contributed by atoms with Crippen molar-refractivity contribution in [3.05, 3.63) is 34.6 Å². The number of aromatic amines is 1. The first-order valence-electron chi connectivity index (χ1n) is 4.71. The number of nitrogen functional groups attached to an aromatic ring is 1. The fourth-order valence-corrected chi connectivity index (χ4v) is 1.42. The SMILES string of the molecule is Cc1ccc(Nc2nc(=S)nc(N)[nH]2)cc1. The van der Waals surface area contributed by atoms with Crippen LogP contribution in [0, 0.1) is 11.7 Å². The van der Waals surface area contributed by atoms with Crippen molar-refractivity contribution in [3.8, 4) is 0 Å². The zero-order valence-electron chi connectivity index (χ0n) is 8.69. The summed E-state index contributed by atoms with van der Waals surface area (Å²) in [6.07, 6.45) is 0. The van der Waals surface area contributed by atoms with Gasteiger partial charge in [0.25, 0.3) is 0 Å². The molecule has 4 N–H and O–H groups in total. The van der Waals surface area contributed by atoms with Crippen LogP contribution < -0.4 is 11.1 Å². The molecule has 0 bridgehead atoms. The fraction of sp³-hybridized carbons (Fsp3) is 0.100. The number of hydrogen-bond acceptors (Lipinski definition) is 5. The average Bonchev–Trinajstić information content (AvgIpc) is 2.20. The summed E-state index contributed by atoms with van der Waals surface area (Å²) >= 11 is 4.86. The number of nitrogens with two attached hydrogens (primary N) is 1. The van der Waals surface area contributed by atoms with Gasteiger partial charge in [-0.3, -0.25) is 4.98 Å². The molecule has 1 heterocycles. The minimum atomic E-state index is 0.214. The van der Waals surface area contributed by atoms with E-state index in [0.29, 0.717) is 5.95 Å². The van der Waals surface area contributed by atoms with Gasteiger partial charge in [0.2, 0.25) is 16.7 Å². The van der Waals surface area contributed by atoms with E-state index in [9.17, 15) is 0 Å². The number of H-pyrrole nitrogens is 1. The average molecular weight is 233 g/mol. The maximum atomic E-state index is 5.52. The lowest BCUT2D eigenvalue weighted by molar-refractivity contribution is 1.05. The molecule has 0 saturated heterocycles. The van der Waals surface area contributed by atoms with Crippen molar-refractivity contribution in [2.75, 3.05) is 11.1 Å². The van der Waals surface area contributed by atoms with E-state index >= 15 is 0 Å². The zero-order valence-corrected chi connectivity index (χ0v) is 9.51. The lowest BCUT2D eigenvalue weighted by Gasteiger charge is -2.05. The third kappa shape index (κ3) is 2.54. The van der Waals surface area contributed by atoms with Crippen LogP contribution in [0.25, 0.3) is 0 Å². The van der Waals surface area contributed by atoms with Gasteiger partial charge in [-0.05, 0) is 31.3 Å². The highest BCUT2D eigenvalue weighted by Crippen LogP contribution is 2.13. The Bertz CT molecular complexity index is 546. The Balaban J connectivity index is 2.26. The Morgan fingerprint density at radius 1 is 1.25 bits per heavy atom. The fourth-order valence-electron chi connectivity index (χ4n) is 1.23. The predicted molar refractivity (Wildman–Crippen MR) is 66.1 cm³/mol. The van der Waals surface area contributed by atoms with Crippen LogP contribution in [0.2, 0.25) is 0 Å². The quantitative estimate of drug-likeness (QED) is 0.693. The van der Waals surface area contributed by atoms with Gasteiger partial charge in [0, 0.05) is 5.69 Å². The highest BCUT2D eigenvalue weighted by molar-refractivity contribution is 7.71. The lowest BCUT2D eigenvalue weighted by Crippen LogP contribution is -2.02. The Morgan fingerprint density at radius 2 is 1.94 bits per heavy atom. The first kappa shape index (κ1) is 10.6. The predicted octanol–water partition coefficient (Wildman–Crippen LogP) is 2.17. The van der Waals surface area contributed by atoms with E-state index in [2.05, 4.69) is 20.3 Å². The van der Waals surface area contributed by atoms with Crippen LogP contribution in [-0.2, 0) is 0 Å². The molecule has 82 valence electrons. The summed E-state index contributed by atoms with van der Waals surface area (Å²) in [4.78, 5) is 10.6. The Hall–Kier alpha value is -1.95. The molecular weight excluding hydrogens is 222 g/mol. The second-order valence-electron chi connectivity index (χ2n) is 3.36. The van der Waals surface area contributed by atoms with E-state index in [1.165, 1.54) is 5.56 Å². The summed E-state index contributed by atoms with van der Waals surface area (Å²) < 4.78 is 0.214. The molecule has 2 aromatic rings. The second-order valence-corrected chi connectivity index (χ2v) is 3.72. The normalized spacial score (nSPS) is 10.1. The van der Waals surface area contributed by atoms with Crippen molar-refractivity contribution in [3.63, 3.8) is 0 Å². The molecule has 0 saturated carbocycles. The molecule has 2 rings (SSSR count). The van der Waals surface area contributed by atoms with Crippen molar-refractivity contribution >= 4 is 29.8 Å². The van der Waals surface area contributed by atoms with E-state index in [1.807, 2.05) is 31.2 Å². The van der Waals surface area contributed by atoms with Crippen molar-refractivity contribution < 1.29 is 0 Å². The van der Waals surface area contributed by atoms with E-state index in [4.69, 9.17) is 18.0 Å². The number of nitrogens with zero attached hydrogens (tertiary/aromatic N) is 2. The maximum absolute atomic E-state index is 5.52. The summed E-state index contributed by atoms with van der Waals surface area (Å²) in [7, 11) is 0. The smallest absolute Gasteiger partial charge is 0.225 e. The molecule has 16 heavy (non-hydrogen) atoms. The Kier molecular flexibility index (Phi) is 2.82. The summed E-state index contributed by atoms with van der Waals surface area (Å²) in [6.45, 7) is 2.03. The van der Waals surface area contributed by atoms with Crippen LogP contribution in [0.1, 0.15) is 5.56 Å². The maximum Gasteiger partial charge on any atom is 0.225 e. The van der Waals surface area contributed by atoms with Crippen LogP contribution in [0.4, 0.5) is 17.6 Å². The Morgan fingerprint density at radius 3 is 2.56 bits per heavy atom. The number of anilines is 3. The van der Waals surface area contributed by atoms with Gasteiger partial charge >= 0.3 is 0 Å². The van der Waals surface area contributed by atoms with Crippen LogP contribution >= 0.6 is 12.2 Å². The van der Waals surface area contributed by atoms with Gasteiger partial charge in [-0.15, -0.1) is 0 Å². The topological polar surface area (TPSA) is 79.6 Å². The molecule has 0 aliphatic carbocycles. The standard InChI is InChI=1S/C10H11N5S/c1-6-2-4-7(5-3-6)12-9-13-8(11)14-10(16)15-9/h2-5H,1H3,(H4,11,12,13,14,15,16). The lowest BCUT2D eigenvalue weighted by atomic mass is 10.2. The van der Waals surface area contributed by atoms with Gasteiger partial charge in [-0.1, -0.05) is 17.7 Å². The second kappa shape index (κ2) is 4.28. The molecule has 0 spiro atoms. The van der Waals surface area contributed by atoms with Gasteiger partial charge in [0.15, 0.2) is 0 Å². The Labute approximate surface area is 97.8 Å². The minimum absolute atomic E-state index is 0.214. The molecule has 5 nitrogen and oxygen atoms in total. The zero-order chi connectivity index (χ0) is 11.5. The molecule has 0 radical (unpaired) electrons. The molecular formula is C10H11N5S. The molecule has 0 amide bonds. The number of hydrogen-bond donors (Lipinski definition) is 3. The van der Waals surface area contributed by atoms with E-state index < -0.39 is 0 Å². The van der Waals surface area contributed by atoms with Gasteiger partial charge < -0.3 is 11.1 Å². The van der Waals surface area contributed by atoms with Crippen molar-refractivity contribution in [1.29, 1.82) is 0 Å². The molecule has 0 fully saturated rings. The molecule has 0 unspecified atom stereocenters. The van der Waals surface area contributed by atoms with Crippen LogP contribution in [0.5, 0.6) is 0 Å². The van der Waals surface area contributed by atoms with Gasteiger partial charge in [-0.25, -0.2) is 0 Å². The molecule has 1 aromatic carbocycles. The first-order chi connectivity index (χ1) is 7.63. The van der Waals surface area contributed by atoms with Crippen LogP contribution in [0.15, 0.2) is 24.3 Å². The summed E-state index contributed by atoms with van der Waals surface area (Å²) in [6, 6.07) is 7.90. The van der Waals surface area contributed by atoms with Gasteiger partial charge in [-0.2, -0.15) is 9.97 Å². The minimum Gasteiger partial charge on any atom is -0.369 e. The molecule has 0 aliphatic heterocycles. The van der Waals surface area contributed by atoms with E-state index in [0.717, 1.165) is 5.69 Å². The number of aromatic nitrogens is 3. The third-order valence-corrected chi connectivity index (χ3v) is 2.17. The molecule has 6 heteroatoms. The van der Waals surface area contributed by atoms with Crippen LogP contribution in [-0.4, -0.2) is 15.0 Å². The highest BCUT2D eigenvalue weighted by atomic mass is 32.1. The van der Waals surface area contributed by atoms with E-state index in [1.54, 1.807) is 0 Å². The first-order valence-corrected chi connectivity index (χ1v) is 5.12. The molecule has 0 atom stereocenters. The largest absolute Gasteiger partial charge is 0.369 e. The summed E-state index contributed by atoms with van der Waals surface area (Å²) in [5, 5.41) is 3.06. The number of nitrogens with one attached hydrogen (secondary N) is 2. The molecule has 0 aliphatic rings. The van der Waals surface area contributed by atoms with Gasteiger partial charge in [0.05, 0.1) is 0 Å². The third-order valence-electron chi connectivity index (χ3n) is 1.98.